The SMILES string of the molecule is CC(=O)CCc1ccc(OC[C@H](O)C[NH+](C)Cc2nc3ccccc3c(=O)[nH]2)cc1. The van der Waals surface area contributed by atoms with E-state index < -0.39 is 6.10 Å². The molecule has 3 N–H and O–H groups in total. The first-order chi connectivity index (χ1) is 14.4. The number of ketones is 1. The maximum Gasteiger partial charge on any atom is 0.258 e. The minimum Gasteiger partial charge on any atom is -0.491 e. The minimum atomic E-state index is -0.658. The largest absolute Gasteiger partial charge is 0.491 e. The van der Waals surface area contributed by atoms with Gasteiger partial charge in [-0.2, -0.15) is 0 Å². The van der Waals surface area contributed by atoms with Crippen molar-refractivity contribution in [1.82, 2.24) is 9.97 Å². The molecule has 0 saturated carbocycles. The van der Waals surface area contributed by atoms with Crippen molar-refractivity contribution in [2.75, 3.05) is 20.2 Å². The molecule has 0 amide bonds. The number of hydrogen-bond acceptors (Lipinski definition) is 5. The van der Waals surface area contributed by atoms with Gasteiger partial charge in [0.25, 0.3) is 5.56 Å². The van der Waals surface area contributed by atoms with Gasteiger partial charge in [0.15, 0.2) is 5.82 Å². The molecule has 0 aliphatic rings. The predicted molar refractivity (Wildman–Crippen MR) is 115 cm³/mol. The number of H-pyrrole nitrogens is 1. The number of nitrogens with zero attached hydrogens (tertiary/aromatic N) is 1. The molecule has 30 heavy (non-hydrogen) atoms. The second kappa shape index (κ2) is 10.1. The average molecular weight is 410 g/mol. The number of Topliss-reactive ketones (excluding diaryl/α,β-unsaturated/α-hetero) is 1. The second-order valence-electron chi connectivity index (χ2n) is 7.68. The molecule has 0 aliphatic carbocycles. The summed E-state index contributed by atoms with van der Waals surface area (Å²) in [5, 5.41) is 10.9. The van der Waals surface area contributed by atoms with E-state index in [0.29, 0.717) is 42.0 Å². The van der Waals surface area contributed by atoms with E-state index in [1.165, 1.54) is 0 Å². The Balaban J connectivity index is 1.48. The normalized spacial score (nSPS) is 13.2. The molecule has 0 bridgehead atoms. The lowest BCUT2D eigenvalue weighted by Crippen LogP contribution is -3.09. The lowest BCUT2D eigenvalue weighted by atomic mass is 10.1. The Labute approximate surface area is 175 Å². The van der Waals surface area contributed by atoms with Crippen molar-refractivity contribution < 1.29 is 19.5 Å². The summed E-state index contributed by atoms with van der Waals surface area (Å²) in [7, 11) is 1.93. The molecule has 3 rings (SSSR count). The zero-order valence-corrected chi connectivity index (χ0v) is 17.4. The standard InChI is InChI=1S/C23H27N3O4/c1-16(27)7-8-17-9-11-19(12-10-17)30-15-18(28)13-26(2)14-22-24-21-6-4-3-5-20(21)23(29)25-22/h3-6,9-12,18,28H,7-8,13-15H2,1-2H3,(H,24,25,29)/p+1/t18-/m1/s1. The zero-order valence-electron chi connectivity index (χ0n) is 17.4. The van der Waals surface area contributed by atoms with Crippen LogP contribution >= 0.6 is 0 Å². The summed E-state index contributed by atoms with van der Waals surface area (Å²) in [5.41, 5.74) is 1.60. The van der Waals surface area contributed by atoms with Crippen LogP contribution in [0.25, 0.3) is 10.9 Å². The van der Waals surface area contributed by atoms with Crippen LogP contribution in [0.1, 0.15) is 24.7 Å². The molecule has 2 atom stereocenters. The molecule has 7 heteroatoms. The van der Waals surface area contributed by atoms with Crippen molar-refractivity contribution in [3.05, 3.63) is 70.3 Å². The van der Waals surface area contributed by atoms with E-state index in [1.54, 1.807) is 13.0 Å². The van der Waals surface area contributed by atoms with Gasteiger partial charge >= 0.3 is 0 Å². The summed E-state index contributed by atoms with van der Waals surface area (Å²) in [6, 6.07) is 14.8. The molecular formula is C23H28N3O4+. The van der Waals surface area contributed by atoms with Crippen molar-refractivity contribution >= 4 is 16.7 Å². The van der Waals surface area contributed by atoms with Gasteiger partial charge in [-0.05, 0) is 43.2 Å². The summed E-state index contributed by atoms with van der Waals surface area (Å²) >= 11 is 0. The van der Waals surface area contributed by atoms with Gasteiger partial charge in [-0.25, -0.2) is 4.98 Å². The average Bonchev–Trinajstić information content (AvgIpc) is 2.71. The Morgan fingerprint density at radius 3 is 2.67 bits per heavy atom. The Morgan fingerprint density at radius 2 is 1.93 bits per heavy atom. The first-order valence-electron chi connectivity index (χ1n) is 10.1. The molecular weight excluding hydrogens is 382 g/mol. The number of likely N-dealkylation sites (N-methyl/N-ethyl adjacent to an activating group) is 1. The van der Waals surface area contributed by atoms with Gasteiger partial charge in [-0.3, -0.25) is 4.79 Å². The van der Waals surface area contributed by atoms with Crippen molar-refractivity contribution in [3.63, 3.8) is 0 Å². The van der Waals surface area contributed by atoms with Crippen LogP contribution in [0.3, 0.4) is 0 Å². The number of rotatable bonds is 10. The van der Waals surface area contributed by atoms with Gasteiger partial charge in [0.05, 0.1) is 18.0 Å². The van der Waals surface area contributed by atoms with Crippen molar-refractivity contribution in [2.24, 2.45) is 0 Å². The summed E-state index contributed by atoms with van der Waals surface area (Å²) in [5.74, 6) is 1.44. The van der Waals surface area contributed by atoms with Crippen molar-refractivity contribution in [3.8, 4) is 5.75 Å². The molecule has 7 nitrogen and oxygen atoms in total. The smallest absolute Gasteiger partial charge is 0.258 e. The van der Waals surface area contributed by atoms with Gasteiger partial charge < -0.3 is 24.5 Å². The van der Waals surface area contributed by atoms with E-state index in [-0.39, 0.29) is 17.9 Å². The Morgan fingerprint density at radius 1 is 1.20 bits per heavy atom. The monoisotopic (exact) mass is 410 g/mol. The number of aromatic nitrogens is 2. The van der Waals surface area contributed by atoms with Crippen LogP contribution in [-0.2, 0) is 17.8 Å². The molecule has 0 aliphatic heterocycles. The van der Waals surface area contributed by atoms with Gasteiger partial charge in [-0.15, -0.1) is 0 Å². The summed E-state index contributed by atoms with van der Waals surface area (Å²) < 4.78 is 5.67. The molecule has 0 fully saturated rings. The molecule has 1 unspecified atom stereocenters. The number of aryl methyl sites for hydroxylation is 1. The van der Waals surface area contributed by atoms with Crippen molar-refractivity contribution in [1.29, 1.82) is 0 Å². The third-order valence-corrected chi connectivity index (χ3v) is 4.85. The summed E-state index contributed by atoms with van der Waals surface area (Å²) in [4.78, 5) is 31.6. The highest BCUT2D eigenvalue weighted by molar-refractivity contribution is 5.77. The highest BCUT2D eigenvalue weighted by Gasteiger charge is 2.15. The number of benzene rings is 2. The number of para-hydroxylation sites is 1. The Kier molecular flexibility index (Phi) is 7.32. The highest BCUT2D eigenvalue weighted by atomic mass is 16.5. The van der Waals surface area contributed by atoms with Crippen LogP contribution in [-0.4, -0.2) is 47.2 Å². The summed E-state index contributed by atoms with van der Waals surface area (Å²) in [6.07, 6.45) is 0.595. The number of ether oxygens (including phenoxy) is 1. The summed E-state index contributed by atoms with van der Waals surface area (Å²) in [6.45, 7) is 2.70. The number of quaternary nitrogens is 1. The molecule has 2 aromatic carbocycles. The maximum atomic E-state index is 12.2. The Bertz CT molecular complexity index is 1050. The van der Waals surface area contributed by atoms with Crippen LogP contribution in [0.15, 0.2) is 53.3 Å². The van der Waals surface area contributed by atoms with Crippen LogP contribution < -0.4 is 15.2 Å². The molecule has 0 saturated heterocycles. The fourth-order valence-corrected chi connectivity index (χ4v) is 3.30. The number of carbonyl (C=O) groups is 1. The zero-order chi connectivity index (χ0) is 21.5. The molecule has 1 aromatic heterocycles. The number of aliphatic hydroxyl groups excluding tert-OH is 1. The molecule has 1 heterocycles. The first kappa shape index (κ1) is 21.7. The Hall–Kier alpha value is -3.03. The number of aromatic amines is 1. The predicted octanol–water partition coefficient (Wildman–Crippen LogP) is 0.899. The third kappa shape index (κ3) is 6.23. The fraction of sp³-hybridized carbons (Fsp3) is 0.348. The quantitative estimate of drug-likeness (QED) is 0.462. The van der Waals surface area contributed by atoms with Gasteiger partial charge in [0, 0.05) is 6.42 Å². The van der Waals surface area contributed by atoms with E-state index in [0.717, 1.165) is 16.9 Å². The topological polar surface area (TPSA) is 96.7 Å². The molecule has 3 aromatic rings. The lowest BCUT2D eigenvalue weighted by molar-refractivity contribution is -0.897. The minimum absolute atomic E-state index is 0.154. The number of hydrogen-bond donors (Lipinski definition) is 3. The third-order valence-electron chi connectivity index (χ3n) is 4.85. The van der Waals surface area contributed by atoms with Crippen molar-refractivity contribution in [2.45, 2.75) is 32.4 Å². The van der Waals surface area contributed by atoms with Gasteiger partial charge in [0.2, 0.25) is 0 Å². The van der Waals surface area contributed by atoms with Crippen LogP contribution in [0, 0.1) is 0 Å². The number of nitrogens with one attached hydrogen (secondary N) is 2. The van der Waals surface area contributed by atoms with E-state index in [1.807, 2.05) is 49.5 Å². The number of carbonyl (C=O) groups excluding carboxylic acids is 1. The lowest BCUT2D eigenvalue weighted by Gasteiger charge is -2.18. The molecule has 158 valence electrons. The van der Waals surface area contributed by atoms with Gasteiger partial charge in [0.1, 0.15) is 37.3 Å². The second-order valence-corrected chi connectivity index (χ2v) is 7.68. The van der Waals surface area contributed by atoms with Crippen LogP contribution in [0.4, 0.5) is 0 Å². The van der Waals surface area contributed by atoms with E-state index in [4.69, 9.17) is 4.74 Å². The van der Waals surface area contributed by atoms with Crippen LogP contribution in [0.5, 0.6) is 5.75 Å². The van der Waals surface area contributed by atoms with Gasteiger partial charge in [-0.1, -0.05) is 24.3 Å². The first-order valence-corrected chi connectivity index (χ1v) is 10.1. The molecule has 0 spiro atoms. The van der Waals surface area contributed by atoms with E-state index >= 15 is 0 Å². The number of aliphatic hydroxyl groups is 1. The van der Waals surface area contributed by atoms with Crippen LogP contribution in [0.2, 0.25) is 0 Å². The fourth-order valence-electron chi connectivity index (χ4n) is 3.30. The molecule has 0 radical (unpaired) electrons. The maximum absolute atomic E-state index is 12.2. The highest BCUT2D eigenvalue weighted by Crippen LogP contribution is 2.13. The van der Waals surface area contributed by atoms with E-state index in [9.17, 15) is 14.7 Å². The number of fused-ring (bicyclic) bond motifs is 1. The van der Waals surface area contributed by atoms with E-state index in [2.05, 4.69) is 9.97 Å².